The number of hydrogen-bond acceptors (Lipinski definition) is 3. The number of carbonyl (C=O) groups is 1. The molecule has 1 aromatic heterocycles. The number of urea groups is 1. The number of hydrogen-bond donors (Lipinski definition) is 2. The number of aromatic nitrogens is 2. The monoisotopic (exact) mass is 313 g/mol. The van der Waals surface area contributed by atoms with Crippen LogP contribution in [0.3, 0.4) is 0 Å². The number of rotatable bonds is 4. The number of anilines is 1. The number of piperazine rings is 1. The van der Waals surface area contributed by atoms with Crippen molar-refractivity contribution < 1.29 is 4.79 Å². The SMILES string of the molecule is CN1CCN(C(=O)Nc2cc(CCc3ccccc3)[nH]n2)CC1. The lowest BCUT2D eigenvalue weighted by Gasteiger charge is -2.32. The van der Waals surface area contributed by atoms with Crippen LogP contribution in [-0.4, -0.2) is 59.3 Å². The minimum absolute atomic E-state index is 0.0702. The molecule has 1 aliphatic heterocycles. The van der Waals surface area contributed by atoms with Gasteiger partial charge in [-0.1, -0.05) is 30.3 Å². The van der Waals surface area contributed by atoms with Crippen LogP contribution in [0.15, 0.2) is 36.4 Å². The molecule has 6 nitrogen and oxygen atoms in total. The molecule has 1 aromatic carbocycles. The Morgan fingerprint density at radius 3 is 2.65 bits per heavy atom. The molecule has 2 heterocycles. The van der Waals surface area contributed by atoms with Gasteiger partial charge < -0.3 is 9.80 Å². The van der Waals surface area contributed by atoms with Gasteiger partial charge in [0, 0.05) is 37.9 Å². The fourth-order valence-electron chi connectivity index (χ4n) is 2.68. The molecule has 0 bridgehead atoms. The molecule has 2 amide bonds. The zero-order valence-corrected chi connectivity index (χ0v) is 13.5. The highest BCUT2D eigenvalue weighted by atomic mass is 16.2. The lowest BCUT2D eigenvalue weighted by molar-refractivity contribution is 0.164. The first-order chi connectivity index (χ1) is 11.2. The van der Waals surface area contributed by atoms with Gasteiger partial charge in [-0.2, -0.15) is 5.10 Å². The highest BCUT2D eigenvalue weighted by Gasteiger charge is 2.19. The Kier molecular flexibility index (Phi) is 4.92. The number of carbonyl (C=O) groups excluding carboxylic acids is 1. The maximum Gasteiger partial charge on any atom is 0.323 e. The summed E-state index contributed by atoms with van der Waals surface area (Å²) in [6, 6.07) is 12.2. The molecule has 3 rings (SSSR count). The molecule has 2 aromatic rings. The number of benzene rings is 1. The number of likely N-dealkylation sites (N-methyl/N-ethyl adjacent to an activating group) is 1. The highest BCUT2D eigenvalue weighted by Crippen LogP contribution is 2.11. The summed E-state index contributed by atoms with van der Waals surface area (Å²) < 4.78 is 0. The molecular weight excluding hydrogens is 290 g/mol. The van der Waals surface area contributed by atoms with Gasteiger partial charge in [-0.05, 0) is 25.5 Å². The van der Waals surface area contributed by atoms with Gasteiger partial charge in [0.15, 0.2) is 5.82 Å². The summed E-state index contributed by atoms with van der Waals surface area (Å²) in [5.41, 5.74) is 2.33. The van der Waals surface area contributed by atoms with Crippen LogP contribution in [0, 0.1) is 0 Å². The fraction of sp³-hybridized carbons (Fsp3) is 0.412. The molecule has 0 saturated carbocycles. The van der Waals surface area contributed by atoms with E-state index in [0.717, 1.165) is 44.7 Å². The van der Waals surface area contributed by atoms with Crippen molar-refractivity contribution in [3.05, 3.63) is 47.7 Å². The molecular formula is C17H23N5O. The predicted octanol–water partition coefficient (Wildman–Crippen LogP) is 1.97. The molecule has 0 radical (unpaired) electrons. The van der Waals surface area contributed by atoms with E-state index in [4.69, 9.17) is 0 Å². The van der Waals surface area contributed by atoms with Crippen molar-refractivity contribution in [1.29, 1.82) is 0 Å². The molecule has 1 fully saturated rings. The fourth-order valence-corrected chi connectivity index (χ4v) is 2.68. The van der Waals surface area contributed by atoms with Crippen LogP contribution in [0.1, 0.15) is 11.3 Å². The van der Waals surface area contributed by atoms with E-state index in [9.17, 15) is 4.79 Å². The largest absolute Gasteiger partial charge is 0.323 e. The molecule has 6 heteroatoms. The summed E-state index contributed by atoms with van der Waals surface area (Å²) in [7, 11) is 2.07. The van der Waals surface area contributed by atoms with Crippen LogP contribution in [0.5, 0.6) is 0 Å². The molecule has 0 atom stereocenters. The van der Waals surface area contributed by atoms with E-state index >= 15 is 0 Å². The Labute approximate surface area is 136 Å². The van der Waals surface area contributed by atoms with Gasteiger partial charge in [-0.25, -0.2) is 4.79 Å². The zero-order chi connectivity index (χ0) is 16.1. The number of aryl methyl sites for hydroxylation is 2. The first-order valence-corrected chi connectivity index (χ1v) is 8.03. The second-order valence-corrected chi connectivity index (χ2v) is 5.98. The number of nitrogens with one attached hydrogen (secondary N) is 2. The Hall–Kier alpha value is -2.34. The number of aromatic amines is 1. The third-order valence-corrected chi connectivity index (χ3v) is 4.18. The lowest BCUT2D eigenvalue weighted by Crippen LogP contribution is -2.48. The highest BCUT2D eigenvalue weighted by molar-refractivity contribution is 5.88. The molecule has 1 saturated heterocycles. The molecule has 122 valence electrons. The van der Waals surface area contributed by atoms with E-state index in [2.05, 4.69) is 39.6 Å². The van der Waals surface area contributed by atoms with Crippen molar-refractivity contribution in [3.63, 3.8) is 0 Å². The molecule has 0 spiro atoms. The van der Waals surface area contributed by atoms with E-state index in [1.807, 2.05) is 29.2 Å². The van der Waals surface area contributed by atoms with Crippen molar-refractivity contribution in [2.24, 2.45) is 0 Å². The van der Waals surface area contributed by atoms with Gasteiger partial charge in [-0.3, -0.25) is 10.4 Å². The van der Waals surface area contributed by atoms with Gasteiger partial charge in [0.1, 0.15) is 0 Å². The Bertz CT molecular complexity index is 631. The van der Waals surface area contributed by atoms with Crippen LogP contribution in [0.4, 0.5) is 10.6 Å². The van der Waals surface area contributed by atoms with Gasteiger partial charge in [0.2, 0.25) is 0 Å². The topological polar surface area (TPSA) is 64.3 Å². The van der Waals surface area contributed by atoms with Crippen molar-refractivity contribution in [3.8, 4) is 0 Å². The lowest BCUT2D eigenvalue weighted by atomic mass is 10.1. The van der Waals surface area contributed by atoms with Gasteiger partial charge in [0.05, 0.1) is 0 Å². The average molecular weight is 313 g/mol. The smallest absolute Gasteiger partial charge is 0.322 e. The molecule has 0 aliphatic carbocycles. The second kappa shape index (κ2) is 7.28. The number of nitrogens with zero attached hydrogens (tertiary/aromatic N) is 3. The second-order valence-electron chi connectivity index (χ2n) is 5.98. The minimum Gasteiger partial charge on any atom is -0.322 e. The van der Waals surface area contributed by atoms with Crippen molar-refractivity contribution in [2.75, 3.05) is 38.5 Å². The zero-order valence-electron chi connectivity index (χ0n) is 13.5. The summed E-state index contributed by atoms with van der Waals surface area (Å²) in [4.78, 5) is 16.3. The van der Waals surface area contributed by atoms with Crippen LogP contribution >= 0.6 is 0 Å². The normalized spacial score (nSPS) is 15.6. The Morgan fingerprint density at radius 2 is 1.91 bits per heavy atom. The number of amides is 2. The van der Waals surface area contributed by atoms with Crippen molar-refractivity contribution in [2.45, 2.75) is 12.8 Å². The minimum atomic E-state index is -0.0702. The van der Waals surface area contributed by atoms with E-state index in [0.29, 0.717) is 5.82 Å². The van der Waals surface area contributed by atoms with Crippen LogP contribution in [0.2, 0.25) is 0 Å². The van der Waals surface area contributed by atoms with Gasteiger partial charge >= 0.3 is 6.03 Å². The standard InChI is InChI=1S/C17H23N5O/c1-21-9-11-22(12-10-21)17(23)18-16-13-15(19-20-16)8-7-14-5-3-2-4-6-14/h2-6,13H,7-12H2,1H3,(H2,18,19,20,23). The van der Waals surface area contributed by atoms with E-state index < -0.39 is 0 Å². The third-order valence-electron chi connectivity index (χ3n) is 4.18. The summed E-state index contributed by atoms with van der Waals surface area (Å²) in [5.74, 6) is 0.594. The van der Waals surface area contributed by atoms with E-state index in [1.54, 1.807) is 0 Å². The summed E-state index contributed by atoms with van der Waals surface area (Å²) in [6.45, 7) is 3.34. The van der Waals surface area contributed by atoms with Gasteiger partial charge in [-0.15, -0.1) is 0 Å². The van der Waals surface area contributed by atoms with Gasteiger partial charge in [0.25, 0.3) is 0 Å². The number of H-pyrrole nitrogens is 1. The first-order valence-electron chi connectivity index (χ1n) is 8.03. The Morgan fingerprint density at radius 1 is 1.17 bits per heavy atom. The van der Waals surface area contributed by atoms with Crippen LogP contribution in [-0.2, 0) is 12.8 Å². The maximum atomic E-state index is 12.2. The summed E-state index contributed by atoms with van der Waals surface area (Å²) in [5, 5.41) is 10.1. The van der Waals surface area contributed by atoms with Crippen LogP contribution in [0.25, 0.3) is 0 Å². The maximum absolute atomic E-state index is 12.2. The average Bonchev–Trinajstić information content (AvgIpc) is 3.02. The van der Waals surface area contributed by atoms with Crippen LogP contribution < -0.4 is 5.32 Å². The summed E-state index contributed by atoms with van der Waals surface area (Å²) >= 11 is 0. The van der Waals surface area contributed by atoms with Crippen molar-refractivity contribution >= 4 is 11.8 Å². The summed E-state index contributed by atoms with van der Waals surface area (Å²) in [6.07, 6.45) is 1.83. The third kappa shape index (κ3) is 4.32. The van der Waals surface area contributed by atoms with Crippen molar-refractivity contribution in [1.82, 2.24) is 20.0 Å². The molecule has 1 aliphatic rings. The molecule has 0 unspecified atom stereocenters. The quantitative estimate of drug-likeness (QED) is 0.907. The molecule has 2 N–H and O–H groups in total. The first kappa shape index (κ1) is 15.6. The predicted molar refractivity (Wildman–Crippen MR) is 90.5 cm³/mol. The van der Waals surface area contributed by atoms with E-state index in [1.165, 1.54) is 5.56 Å². The molecule has 23 heavy (non-hydrogen) atoms. The van der Waals surface area contributed by atoms with E-state index in [-0.39, 0.29) is 6.03 Å². The Balaban J connectivity index is 1.50.